The van der Waals surface area contributed by atoms with Crippen molar-refractivity contribution in [1.82, 2.24) is 10.2 Å². The van der Waals surface area contributed by atoms with Crippen LogP contribution in [0, 0.1) is 0 Å². The zero-order chi connectivity index (χ0) is 11.4. The van der Waals surface area contributed by atoms with Gasteiger partial charge in [-0.1, -0.05) is 0 Å². The molecule has 2 aliphatic rings. The van der Waals surface area contributed by atoms with E-state index in [4.69, 9.17) is 9.47 Å². The van der Waals surface area contributed by atoms with Gasteiger partial charge in [0.15, 0.2) is 5.79 Å². The van der Waals surface area contributed by atoms with Crippen molar-refractivity contribution >= 4 is 0 Å². The van der Waals surface area contributed by atoms with Gasteiger partial charge in [-0.15, -0.1) is 0 Å². The molecule has 4 nitrogen and oxygen atoms in total. The van der Waals surface area contributed by atoms with E-state index in [1.807, 2.05) is 6.92 Å². The monoisotopic (exact) mass is 228 g/mol. The van der Waals surface area contributed by atoms with Crippen LogP contribution < -0.4 is 5.32 Å². The van der Waals surface area contributed by atoms with Crippen molar-refractivity contribution in [3.8, 4) is 0 Å². The van der Waals surface area contributed by atoms with Crippen molar-refractivity contribution in [1.29, 1.82) is 0 Å². The molecular formula is C12H24N2O2. The summed E-state index contributed by atoms with van der Waals surface area (Å²) < 4.78 is 11.2. The van der Waals surface area contributed by atoms with Crippen LogP contribution in [0.1, 0.15) is 26.2 Å². The Hall–Kier alpha value is -0.160. The Balaban J connectivity index is 1.72. The minimum atomic E-state index is -0.391. The largest absolute Gasteiger partial charge is 0.347 e. The van der Waals surface area contributed by atoms with E-state index in [0.717, 1.165) is 19.8 Å². The molecule has 94 valence electrons. The highest BCUT2D eigenvalue weighted by molar-refractivity contribution is 4.78. The van der Waals surface area contributed by atoms with Crippen molar-refractivity contribution in [2.24, 2.45) is 0 Å². The molecule has 0 aromatic carbocycles. The average molecular weight is 228 g/mol. The number of hydrogen-bond donors (Lipinski definition) is 1. The lowest BCUT2D eigenvalue weighted by Crippen LogP contribution is -2.43. The van der Waals surface area contributed by atoms with Gasteiger partial charge in [0, 0.05) is 12.6 Å². The quantitative estimate of drug-likeness (QED) is 0.775. The average Bonchev–Trinajstić information content (AvgIpc) is 2.58. The topological polar surface area (TPSA) is 33.7 Å². The molecular weight excluding hydrogens is 204 g/mol. The maximum Gasteiger partial charge on any atom is 0.178 e. The Kier molecular flexibility index (Phi) is 4.19. The predicted molar refractivity (Wildman–Crippen MR) is 63.4 cm³/mol. The minimum absolute atomic E-state index is 0.391. The van der Waals surface area contributed by atoms with E-state index in [0.29, 0.717) is 6.04 Å². The molecule has 2 saturated heterocycles. The lowest BCUT2D eigenvalue weighted by molar-refractivity contribution is -0.139. The molecule has 0 aliphatic carbocycles. The van der Waals surface area contributed by atoms with Crippen molar-refractivity contribution < 1.29 is 9.47 Å². The number of ether oxygens (including phenoxy) is 2. The third-order valence-electron chi connectivity index (χ3n) is 3.56. The smallest absolute Gasteiger partial charge is 0.178 e. The van der Waals surface area contributed by atoms with Crippen LogP contribution in [0.2, 0.25) is 0 Å². The highest BCUT2D eigenvalue weighted by atomic mass is 16.7. The van der Waals surface area contributed by atoms with Gasteiger partial charge in [0.1, 0.15) is 0 Å². The second kappa shape index (κ2) is 5.45. The molecule has 2 heterocycles. The zero-order valence-corrected chi connectivity index (χ0v) is 10.5. The van der Waals surface area contributed by atoms with E-state index in [-0.39, 0.29) is 0 Å². The van der Waals surface area contributed by atoms with Crippen molar-refractivity contribution in [3.05, 3.63) is 0 Å². The summed E-state index contributed by atoms with van der Waals surface area (Å²) in [5, 5.41) is 3.59. The Morgan fingerprint density at radius 1 is 1.25 bits per heavy atom. The lowest BCUT2D eigenvalue weighted by atomic mass is 10.1. The number of rotatable bonds is 3. The minimum Gasteiger partial charge on any atom is -0.347 e. The summed E-state index contributed by atoms with van der Waals surface area (Å²) >= 11 is 0. The van der Waals surface area contributed by atoms with Gasteiger partial charge in [-0.3, -0.25) is 0 Å². The number of nitrogens with zero attached hydrogens (tertiary/aromatic N) is 1. The number of hydrogen-bond acceptors (Lipinski definition) is 4. The zero-order valence-electron chi connectivity index (χ0n) is 10.5. The van der Waals surface area contributed by atoms with Crippen LogP contribution in [0.4, 0.5) is 0 Å². The molecule has 0 bridgehead atoms. The molecule has 1 N–H and O–H groups in total. The van der Waals surface area contributed by atoms with E-state index in [1.54, 1.807) is 0 Å². The molecule has 0 spiro atoms. The first kappa shape index (κ1) is 12.3. The Morgan fingerprint density at radius 2 is 2.00 bits per heavy atom. The molecule has 2 rings (SSSR count). The van der Waals surface area contributed by atoms with Crippen LogP contribution >= 0.6 is 0 Å². The predicted octanol–water partition coefficient (Wildman–Crippen LogP) is 0.823. The molecule has 1 unspecified atom stereocenters. The van der Waals surface area contributed by atoms with Crippen LogP contribution in [-0.2, 0) is 9.47 Å². The van der Waals surface area contributed by atoms with E-state index in [1.165, 1.54) is 32.4 Å². The van der Waals surface area contributed by atoms with Gasteiger partial charge in [0.2, 0.25) is 0 Å². The Labute approximate surface area is 98.3 Å². The van der Waals surface area contributed by atoms with Crippen LogP contribution in [0.15, 0.2) is 0 Å². The maximum absolute atomic E-state index is 5.59. The molecule has 1 atom stereocenters. The molecule has 0 radical (unpaired) electrons. The molecule has 2 fully saturated rings. The van der Waals surface area contributed by atoms with Gasteiger partial charge in [-0.25, -0.2) is 0 Å². The van der Waals surface area contributed by atoms with Gasteiger partial charge in [0.05, 0.1) is 13.2 Å². The van der Waals surface area contributed by atoms with E-state index in [9.17, 15) is 0 Å². The second-order valence-corrected chi connectivity index (χ2v) is 5.14. The van der Waals surface area contributed by atoms with Crippen LogP contribution in [0.3, 0.4) is 0 Å². The molecule has 0 amide bonds. The third-order valence-corrected chi connectivity index (χ3v) is 3.56. The highest BCUT2D eigenvalue weighted by Crippen LogP contribution is 2.18. The summed E-state index contributed by atoms with van der Waals surface area (Å²) in [5.74, 6) is -0.391. The SMILES string of the molecule is CN1CCCC(NCC2(C)OCCO2)CC1. The standard InChI is InChI=1S/C12H24N2O2/c1-12(15-8-9-16-12)10-13-11-4-3-6-14(2)7-5-11/h11,13H,3-10H2,1-2H3. The summed E-state index contributed by atoms with van der Waals surface area (Å²) in [4.78, 5) is 2.41. The van der Waals surface area contributed by atoms with Crippen molar-refractivity contribution in [2.75, 3.05) is 39.9 Å². The van der Waals surface area contributed by atoms with E-state index >= 15 is 0 Å². The first-order valence-corrected chi connectivity index (χ1v) is 6.38. The fourth-order valence-electron chi connectivity index (χ4n) is 2.43. The van der Waals surface area contributed by atoms with E-state index < -0.39 is 5.79 Å². The summed E-state index contributed by atoms with van der Waals surface area (Å²) in [6.07, 6.45) is 3.78. The van der Waals surface area contributed by atoms with Gasteiger partial charge in [-0.05, 0) is 46.3 Å². The summed E-state index contributed by atoms with van der Waals surface area (Å²) in [6, 6.07) is 0.620. The van der Waals surface area contributed by atoms with Gasteiger partial charge < -0.3 is 19.7 Å². The van der Waals surface area contributed by atoms with Crippen molar-refractivity contribution in [3.63, 3.8) is 0 Å². The maximum atomic E-state index is 5.59. The summed E-state index contributed by atoms with van der Waals surface area (Å²) in [6.45, 7) is 6.70. The number of likely N-dealkylation sites (tertiary alicyclic amines) is 1. The molecule has 0 aromatic heterocycles. The second-order valence-electron chi connectivity index (χ2n) is 5.14. The van der Waals surface area contributed by atoms with Gasteiger partial charge >= 0.3 is 0 Å². The van der Waals surface area contributed by atoms with Crippen LogP contribution in [0.25, 0.3) is 0 Å². The van der Waals surface area contributed by atoms with Gasteiger partial charge in [-0.2, -0.15) is 0 Å². The fraction of sp³-hybridized carbons (Fsp3) is 1.00. The Morgan fingerprint density at radius 3 is 2.75 bits per heavy atom. The van der Waals surface area contributed by atoms with Gasteiger partial charge in [0.25, 0.3) is 0 Å². The molecule has 16 heavy (non-hydrogen) atoms. The highest BCUT2D eigenvalue weighted by Gasteiger charge is 2.31. The molecule has 0 aromatic rings. The first-order chi connectivity index (χ1) is 7.68. The molecule has 4 heteroatoms. The fourth-order valence-corrected chi connectivity index (χ4v) is 2.43. The van der Waals surface area contributed by atoms with Crippen LogP contribution in [0.5, 0.6) is 0 Å². The number of nitrogens with one attached hydrogen (secondary N) is 1. The summed E-state index contributed by atoms with van der Waals surface area (Å²) in [7, 11) is 2.20. The van der Waals surface area contributed by atoms with E-state index in [2.05, 4.69) is 17.3 Å². The first-order valence-electron chi connectivity index (χ1n) is 6.38. The summed E-state index contributed by atoms with van der Waals surface area (Å²) in [5.41, 5.74) is 0. The van der Waals surface area contributed by atoms with Crippen LogP contribution in [-0.4, -0.2) is 56.6 Å². The third kappa shape index (κ3) is 3.42. The normalized spacial score (nSPS) is 31.5. The molecule has 0 saturated carbocycles. The lowest BCUT2D eigenvalue weighted by Gasteiger charge is -2.26. The Bertz CT molecular complexity index is 217. The molecule has 2 aliphatic heterocycles. The van der Waals surface area contributed by atoms with Crippen molar-refractivity contribution in [2.45, 2.75) is 38.0 Å².